The van der Waals surface area contributed by atoms with E-state index in [2.05, 4.69) is 20.5 Å². The van der Waals surface area contributed by atoms with Crippen molar-refractivity contribution >= 4 is 28.4 Å². The number of anilines is 3. The molecule has 0 saturated carbocycles. The monoisotopic (exact) mass is 329 g/mol. The third-order valence-corrected chi connectivity index (χ3v) is 3.08. The Morgan fingerprint density at radius 3 is 2.57 bits per heavy atom. The Labute approximate surface area is 125 Å². The number of nitrogen functional groups attached to an aromatic ring is 1. The minimum Gasteiger partial charge on any atom is -0.382 e. The molecule has 120 valence electrons. The second kappa shape index (κ2) is 5.07. The molecule has 3 rings (SSSR count). The van der Waals surface area contributed by atoms with Crippen molar-refractivity contribution in [1.29, 1.82) is 0 Å². The predicted molar refractivity (Wildman–Crippen MR) is 72.9 cm³/mol. The molecule has 0 aliphatic heterocycles. The van der Waals surface area contributed by atoms with Gasteiger partial charge in [0.15, 0.2) is 23.1 Å². The van der Waals surface area contributed by atoms with Crippen LogP contribution in [0.5, 0.6) is 0 Å². The minimum absolute atomic E-state index is 0.000291. The van der Waals surface area contributed by atoms with Gasteiger partial charge in [-0.2, -0.15) is 18.3 Å². The lowest BCUT2D eigenvalue weighted by atomic mass is 10.1. The van der Waals surface area contributed by atoms with E-state index in [4.69, 9.17) is 5.73 Å². The number of benzene rings is 1. The average molecular weight is 329 g/mol. The van der Waals surface area contributed by atoms with Gasteiger partial charge in [-0.1, -0.05) is 6.07 Å². The molecule has 0 aliphatic rings. The normalized spacial score (nSPS) is 11.9. The van der Waals surface area contributed by atoms with E-state index in [1.54, 1.807) is 0 Å². The first-order chi connectivity index (χ1) is 10.8. The van der Waals surface area contributed by atoms with E-state index in [1.165, 1.54) is 0 Å². The van der Waals surface area contributed by atoms with Crippen LogP contribution in [0.3, 0.4) is 0 Å². The average Bonchev–Trinajstić information content (AvgIpc) is 2.79. The van der Waals surface area contributed by atoms with Gasteiger partial charge in [0.2, 0.25) is 0 Å². The van der Waals surface area contributed by atoms with Crippen LogP contribution in [0.4, 0.5) is 39.3 Å². The summed E-state index contributed by atoms with van der Waals surface area (Å²) in [4.78, 5) is 3.77. The van der Waals surface area contributed by atoms with Crippen molar-refractivity contribution in [2.75, 3.05) is 11.1 Å². The van der Waals surface area contributed by atoms with Gasteiger partial charge in [0.05, 0.1) is 11.1 Å². The number of alkyl halides is 3. The summed E-state index contributed by atoms with van der Waals surface area (Å²) in [6.07, 6.45) is -4.95. The molecule has 2 heterocycles. The maximum absolute atomic E-state index is 14.0. The van der Waals surface area contributed by atoms with Gasteiger partial charge in [-0.05, 0) is 18.2 Å². The zero-order valence-corrected chi connectivity index (χ0v) is 11.2. The Kier molecular flexibility index (Phi) is 3.31. The van der Waals surface area contributed by atoms with Gasteiger partial charge in [-0.3, -0.25) is 5.10 Å². The maximum Gasteiger partial charge on any atom is 0.421 e. The highest BCUT2D eigenvalue weighted by Gasteiger charge is 2.37. The van der Waals surface area contributed by atoms with E-state index in [-0.39, 0.29) is 16.9 Å². The summed E-state index contributed by atoms with van der Waals surface area (Å²) in [7, 11) is 0. The highest BCUT2D eigenvalue weighted by Crippen LogP contribution is 2.38. The van der Waals surface area contributed by atoms with E-state index >= 15 is 0 Å². The number of nitrogens with one attached hydrogen (secondary N) is 2. The van der Waals surface area contributed by atoms with E-state index in [9.17, 15) is 22.0 Å². The first-order valence-electron chi connectivity index (χ1n) is 6.20. The van der Waals surface area contributed by atoms with Crippen LogP contribution in [0.1, 0.15) is 5.56 Å². The van der Waals surface area contributed by atoms with Crippen LogP contribution in [0.15, 0.2) is 24.3 Å². The second-order valence-corrected chi connectivity index (χ2v) is 4.61. The highest BCUT2D eigenvalue weighted by atomic mass is 19.4. The number of pyridine rings is 1. The van der Waals surface area contributed by atoms with E-state index in [1.807, 2.05) is 0 Å². The van der Waals surface area contributed by atoms with Gasteiger partial charge in [0.1, 0.15) is 11.4 Å². The summed E-state index contributed by atoms with van der Waals surface area (Å²) in [5.74, 6) is -2.95. The molecule has 0 aliphatic carbocycles. The Bertz CT molecular complexity index is 886. The van der Waals surface area contributed by atoms with E-state index in [0.29, 0.717) is 6.07 Å². The largest absolute Gasteiger partial charge is 0.421 e. The lowest BCUT2D eigenvalue weighted by molar-refractivity contribution is -0.139. The van der Waals surface area contributed by atoms with Crippen molar-refractivity contribution in [1.82, 2.24) is 15.2 Å². The third kappa shape index (κ3) is 2.62. The quantitative estimate of drug-likeness (QED) is 0.628. The van der Waals surface area contributed by atoms with Crippen molar-refractivity contribution in [2.24, 2.45) is 0 Å². The molecule has 1 aromatic carbocycles. The fourth-order valence-electron chi connectivity index (χ4n) is 2.07. The number of aromatic amines is 1. The molecular formula is C13H8F5N5. The van der Waals surface area contributed by atoms with Crippen molar-refractivity contribution in [3.8, 4) is 0 Å². The third-order valence-electron chi connectivity index (χ3n) is 3.08. The van der Waals surface area contributed by atoms with Crippen molar-refractivity contribution in [2.45, 2.75) is 6.18 Å². The molecule has 0 fully saturated rings. The van der Waals surface area contributed by atoms with Gasteiger partial charge in [-0.25, -0.2) is 13.8 Å². The summed E-state index contributed by atoms with van der Waals surface area (Å²) in [6, 6.07) is 3.67. The van der Waals surface area contributed by atoms with Crippen LogP contribution >= 0.6 is 0 Å². The molecule has 0 amide bonds. The molecule has 0 spiro atoms. The number of fused-ring (bicyclic) bond motifs is 1. The first kappa shape index (κ1) is 15.0. The molecule has 4 N–H and O–H groups in total. The molecule has 0 saturated heterocycles. The Morgan fingerprint density at radius 2 is 1.87 bits per heavy atom. The highest BCUT2D eigenvalue weighted by molar-refractivity contribution is 5.87. The molecule has 23 heavy (non-hydrogen) atoms. The Morgan fingerprint density at radius 1 is 1.13 bits per heavy atom. The van der Waals surface area contributed by atoms with E-state index in [0.717, 1.165) is 18.2 Å². The number of halogens is 5. The molecular weight excluding hydrogens is 321 g/mol. The molecule has 2 aromatic heterocycles. The number of hydrogen-bond donors (Lipinski definition) is 3. The van der Waals surface area contributed by atoms with Crippen molar-refractivity contribution in [3.05, 3.63) is 41.5 Å². The van der Waals surface area contributed by atoms with Gasteiger partial charge < -0.3 is 11.1 Å². The fraction of sp³-hybridized carbons (Fsp3) is 0.0769. The van der Waals surface area contributed by atoms with Crippen LogP contribution in [-0.2, 0) is 6.18 Å². The molecule has 5 nitrogen and oxygen atoms in total. The SMILES string of the molecule is Nc1n[nH]c2nc(Nc3cccc(F)c3C(F)(F)F)c(F)cc12. The first-order valence-corrected chi connectivity index (χ1v) is 6.20. The number of nitrogens with zero attached hydrogens (tertiary/aromatic N) is 2. The standard InChI is InChI=1S/C13H8F5N5/c14-6-2-1-3-8(9(6)13(16,17)18)20-12-7(15)4-5-10(19)22-23-11(5)21-12/h1-4H,(H4,19,20,21,22,23). The van der Waals surface area contributed by atoms with Gasteiger partial charge >= 0.3 is 6.18 Å². The smallest absolute Gasteiger partial charge is 0.382 e. The Hall–Kier alpha value is -2.91. The van der Waals surface area contributed by atoms with Gasteiger partial charge in [0.25, 0.3) is 0 Å². The lowest BCUT2D eigenvalue weighted by Crippen LogP contribution is -2.12. The van der Waals surface area contributed by atoms with Crippen LogP contribution in [0, 0.1) is 11.6 Å². The molecule has 0 radical (unpaired) electrons. The number of H-pyrrole nitrogens is 1. The van der Waals surface area contributed by atoms with Crippen molar-refractivity contribution < 1.29 is 22.0 Å². The summed E-state index contributed by atoms with van der Waals surface area (Å²) in [5.41, 5.74) is 3.37. The number of aromatic nitrogens is 3. The number of nitrogens with two attached hydrogens (primary N) is 1. The maximum atomic E-state index is 14.0. The van der Waals surface area contributed by atoms with Crippen molar-refractivity contribution in [3.63, 3.8) is 0 Å². The summed E-state index contributed by atoms with van der Waals surface area (Å²) < 4.78 is 66.3. The molecule has 0 atom stereocenters. The van der Waals surface area contributed by atoms with E-state index < -0.39 is 34.9 Å². The number of hydrogen-bond acceptors (Lipinski definition) is 4. The van der Waals surface area contributed by atoms with Crippen LogP contribution in [-0.4, -0.2) is 15.2 Å². The Balaban J connectivity index is 2.10. The minimum atomic E-state index is -4.95. The molecule has 3 aromatic rings. The number of rotatable bonds is 2. The van der Waals surface area contributed by atoms with Gasteiger partial charge in [-0.15, -0.1) is 0 Å². The predicted octanol–water partition coefficient (Wildman–Crippen LogP) is 3.58. The zero-order valence-electron chi connectivity index (χ0n) is 11.2. The van der Waals surface area contributed by atoms with Crippen LogP contribution in [0.25, 0.3) is 11.0 Å². The summed E-state index contributed by atoms with van der Waals surface area (Å²) in [6.45, 7) is 0. The van der Waals surface area contributed by atoms with Crippen LogP contribution < -0.4 is 11.1 Å². The topological polar surface area (TPSA) is 79.6 Å². The summed E-state index contributed by atoms with van der Waals surface area (Å²) in [5, 5.41) is 8.36. The molecule has 0 unspecified atom stereocenters. The van der Waals surface area contributed by atoms with Crippen LogP contribution in [0.2, 0.25) is 0 Å². The molecule has 0 bridgehead atoms. The van der Waals surface area contributed by atoms with Gasteiger partial charge in [0, 0.05) is 0 Å². The zero-order chi connectivity index (χ0) is 16.8. The summed E-state index contributed by atoms with van der Waals surface area (Å²) >= 11 is 0. The second-order valence-electron chi connectivity index (χ2n) is 4.61. The fourth-order valence-corrected chi connectivity index (χ4v) is 2.07. The lowest BCUT2D eigenvalue weighted by Gasteiger charge is -2.15. The molecule has 10 heteroatoms.